The van der Waals surface area contributed by atoms with Crippen LogP contribution in [0.5, 0.6) is 0 Å². The predicted molar refractivity (Wildman–Crippen MR) is 74.6 cm³/mol. The van der Waals surface area contributed by atoms with Gasteiger partial charge in [0.15, 0.2) is 0 Å². The number of methoxy groups -OCH3 is 1. The number of carbonyl (C=O) groups excluding carboxylic acids is 1. The zero-order chi connectivity index (χ0) is 13.2. The summed E-state index contributed by atoms with van der Waals surface area (Å²) < 4.78 is 4.88. The molecule has 3 heteroatoms. The molecule has 0 bridgehead atoms. The molecule has 1 aromatic carbocycles. The molecule has 1 aliphatic carbocycles. The van der Waals surface area contributed by atoms with Crippen molar-refractivity contribution in [2.24, 2.45) is 0 Å². The molecule has 0 spiro atoms. The topological polar surface area (TPSA) is 38.3 Å². The number of rotatable bonds is 3. The fourth-order valence-corrected chi connectivity index (χ4v) is 2.94. The molecule has 1 heterocycles. The molecule has 3 nitrogen and oxygen atoms in total. The highest BCUT2D eigenvalue weighted by Crippen LogP contribution is 2.41. The van der Waals surface area contributed by atoms with Crippen molar-refractivity contribution in [1.29, 1.82) is 0 Å². The van der Waals surface area contributed by atoms with Crippen LogP contribution < -0.4 is 5.32 Å². The normalized spacial score (nSPS) is 23.1. The second-order valence-corrected chi connectivity index (χ2v) is 5.70. The van der Waals surface area contributed by atoms with E-state index in [-0.39, 0.29) is 5.97 Å². The molecular weight excluding hydrogens is 238 g/mol. The molecule has 1 N–H and O–H groups in total. The summed E-state index contributed by atoms with van der Waals surface area (Å²) in [5.74, 6) is 0.989. The third-order valence-corrected chi connectivity index (χ3v) is 4.22. The van der Waals surface area contributed by atoms with Crippen molar-refractivity contribution < 1.29 is 9.53 Å². The molecule has 1 unspecified atom stereocenters. The van der Waals surface area contributed by atoms with Gasteiger partial charge in [0.25, 0.3) is 0 Å². The van der Waals surface area contributed by atoms with E-state index in [1.165, 1.54) is 43.9 Å². The average molecular weight is 259 g/mol. The first-order chi connectivity index (χ1) is 9.28. The largest absolute Gasteiger partial charge is 0.465 e. The lowest BCUT2D eigenvalue weighted by Crippen LogP contribution is -2.28. The number of nitrogens with one attached hydrogen (secondary N) is 1. The van der Waals surface area contributed by atoms with E-state index in [4.69, 9.17) is 4.74 Å². The fraction of sp³-hybridized carbons (Fsp3) is 0.562. The van der Waals surface area contributed by atoms with E-state index in [1.54, 1.807) is 0 Å². The second-order valence-electron chi connectivity index (χ2n) is 5.70. The van der Waals surface area contributed by atoms with Crippen LogP contribution in [-0.4, -0.2) is 26.2 Å². The Morgan fingerprint density at radius 3 is 2.47 bits per heavy atom. The standard InChI is InChI=1S/C16H21NO2/c1-19-16(18)15-8-13(11-4-5-11)7-14(9-15)12-3-2-6-17-10-12/h7-9,11-12,17H,2-6,10H2,1H3. The number of ether oxygens (including phenoxy) is 1. The van der Waals surface area contributed by atoms with E-state index in [2.05, 4.69) is 11.4 Å². The monoisotopic (exact) mass is 259 g/mol. The van der Waals surface area contributed by atoms with Gasteiger partial charge in [-0.3, -0.25) is 0 Å². The molecule has 1 saturated heterocycles. The Hall–Kier alpha value is -1.35. The maximum Gasteiger partial charge on any atom is 0.337 e. The quantitative estimate of drug-likeness (QED) is 0.848. The van der Waals surface area contributed by atoms with E-state index in [9.17, 15) is 4.79 Å². The van der Waals surface area contributed by atoms with Gasteiger partial charge in [-0.05, 0) is 67.3 Å². The molecule has 1 saturated carbocycles. The van der Waals surface area contributed by atoms with Crippen molar-refractivity contribution >= 4 is 5.97 Å². The summed E-state index contributed by atoms with van der Waals surface area (Å²) in [5, 5.41) is 3.44. The van der Waals surface area contributed by atoms with Gasteiger partial charge in [0, 0.05) is 6.54 Å². The second kappa shape index (κ2) is 5.33. The Balaban J connectivity index is 1.92. The smallest absolute Gasteiger partial charge is 0.337 e. The summed E-state index contributed by atoms with van der Waals surface area (Å²) in [5.41, 5.74) is 3.34. The Bertz CT molecular complexity index is 474. The first kappa shape index (κ1) is 12.7. The lowest BCUT2D eigenvalue weighted by Gasteiger charge is -2.24. The molecule has 0 aromatic heterocycles. The van der Waals surface area contributed by atoms with Gasteiger partial charge in [-0.2, -0.15) is 0 Å². The molecular formula is C16H21NO2. The summed E-state index contributed by atoms with van der Waals surface area (Å²) in [6, 6.07) is 6.35. The molecule has 1 aliphatic heterocycles. The van der Waals surface area contributed by atoms with Crippen LogP contribution in [0.15, 0.2) is 18.2 Å². The highest BCUT2D eigenvalue weighted by molar-refractivity contribution is 5.89. The van der Waals surface area contributed by atoms with Gasteiger partial charge in [0.1, 0.15) is 0 Å². The average Bonchev–Trinajstić information content (AvgIpc) is 3.31. The van der Waals surface area contributed by atoms with Crippen molar-refractivity contribution in [2.75, 3.05) is 20.2 Å². The SMILES string of the molecule is COC(=O)c1cc(C2CC2)cc(C2CCCNC2)c1. The molecule has 1 aromatic rings. The van der Waals surface area contributed by atoms with Crippen LogP contribution in [0.3, 0.4) is 0 Å². The van der Waals surface area contributed by atoms with E-state index in [0.29, 0.717) is 17.4 Å². The first-order valence-electron chi connectivity index (χ1n) is 7.22. The maximum absolute atomic E-state index is 11.8. The van der Waals surface area contributed by atoms with Crippen LogP contribution in [0.2, 0.25) is 0 Å². The summed E-state index contributed by atoms with van der Waals surface area (Å²) in [6.45, 7) is 2.14. The summed E-state index contributed by atoms with van der Waals surface area (Å²) in [4.78, 5) is 11.8. The lowest BCUT2D eigenvalue weighted by molar-refractivity contribution is 0.0600. The van der Waals surface area contributed by atoms with Gasteiger partial charge in [0.05, 0.1) is 12.7 Å². The number of esters is 1. The zero-order valence-corrected chi connectivity index (χ0v) is 11.4. The third-order valence-electron chi connectivity index (χ3n) is 4.22. The van der Waals surface area contributed by atoms with Gasteiger partial charge in [-0.25, -0.2) is 4.79 Å². The third kappa shape index (κ3) is 2.81. The number of hydrogen-bond acceptors (Lipinski definition) is 3. The molecule has 2 fully saturated rings. The van der Waals surface area contributed by atoms with Gasteiger partial charge in [0.2, 0.25) is 0 Å². The Morgan fingerprint density at radius 2 is 1.89 bits per heavy atom. The predicted octanol–water partition coefficient (Wildman–Crippen LogP) is 2.82. The molecule has 2 aliphatic rings. The Kier molecular flexibility index (Phi) is 3.56. The zero-order valence-electron chi connectivity index (χ0n) is 11.4. The maximum atomic E-state index is 11.8. The number of piperidine rings is 1. The Morgan fingerprint density at radius 1 is 1.16 bits per heavy atom. The molecule has 1 atom stereocenters. The summed E-state index contributed by atoms with van der Waals surface area (Å²) in [7, 11) is 1.45. The first-order valence-corrected chi connectivity index (χ1v) is 7.22. The summed E-state index contributed by atoms with van der Waals surface area (Å²) >= 11 is 0. The van der Waals surface area contributed by atoms with Crippen molar-refractivity contribution in [3.8, 4) is 0 Å². The van der Waals surface area contributed by atoms with Crippen LogP contribution in [0.1, 0.15) is 59.0 Å². The number of carbonyl (C=O) groups is 1. The minimum Gasteiger partial charge on any atom is -0.465 e. The fourth-order valence-electron chi connectivity index (χ4n) is 2.94. The van der Waals surface area contributed by atoms with Crippen molar-refractivity contribution in [2.45, 2.75) is 37.5 Å². The highest BCUT2D eigenvalue weighted by Gasteiger charge is 2.26. The van der Waals surface area contributed by atoms with Crippen LogP contribution in [0.4, 0.5) is 0 Å². The van der Waals surface area contributed by atoms with Crippen LogP contribution >= 0.6 is 0 Å². The van der Waals surface area contributed by atoms with Crippen molar-refractivity contribution in [1.82, 2.24) is 5.32 Å². The number of hydrogen-bond donors (Lipinski definition) is 1. The van der Waals surface area contributed by atoms with Crippen molar-refractivity contribution in [3.63, 3.8) is 0 Å². The van der Waals surface area contributed by atoms with E-state index in [0.717, 1.165) is 13.1 Å². The van der Waals surface area contributed by atoms with Gasteiger partial charge in [-0.1, -0.05) is 6.07 Å². The highest BCUT2D eigenvalue weighted by atomic mass is 16.5. The van der Waals surface area contributed by atoms with Crippen molar-refractivity contribution in [3.05, 3.63) is 34.9 Å². The van der Waals surface area contributed by atoms with Gasteiger partial charge >= 0.3 is 5.97 Å². The lowest BCUT2D eigenvalue weighted by atomic mass is 9.88. The van der Waals surface area contributed by atoms with E-state index < -0.39 is 0 Å². The Labute approximate surface area is 114 Å². The minimum atomic E-state index is -0.215. The van der Waals surface area contributed by atoms with E-state index in [1.807, 2.05) is 12.1 Å². The molecule has 102 valence electrons. The molecule has 3 rings (SSSR count). The van der Waals surface area contributed by atoms with Crippen LogP contribution in [0.25, 0.3) is 0 Å². The summed E-state index contributed by atoms with van der Waals surface area (Å²) in [6.07, 6.45) is 4.94. The number of benzene rings is 1. The van der Waals surface area contributed by atoms with Gasteiger partial charge < -0.3 is 10.1 Å². The minimum absolute atomic E-state index is 0.215. The van der Waals surface area contributed by atoms with E-state index >= 15 is 0 Å². The van der Waals surface area contributed by atoms with Crippen LogP contribution in [0, 0.1) is 0 Å². The molecule has 0 radical (unpaired) electrons. The van der Waals surface area contributed by atoms with Gasteiger partial charge in [-0.15, -0.1) is 0 Å². The van der Waals surface area contributed by atoms with Crippen LogP contribution in [-0.2, 0) is 4.74 Å². The molecule has 19 heavy (non-hydrogen) atoms. The molecule has 0 amide bonds.